The summed E-state index contributed by atoms with van der Waals surface area (Å²) in [5, 5.41) is 3.57. The van der Waals surface area contributed by atoms with E-state index in [4.69, 9.17) is 20.4 Å². The summed E-state index contributed by atoms with van der Waals surface area (Å²) in [5.41, 5.74) is 1.29. The van der Waals surface area contributed by atoms with E-state index >= 15 is 0 Å². The number of carbonyl (C=O) groups is 1. The second-order valence-electron chi connectivity index (χ2n) is 7.50. The number of hydrogen-bond acceptors (Lipinski definition) is 4. The molecule has 0 bridgehead atoms. The van der Waals surface area contributed by atoms with Gasteiger partial charge in [0.2, 0.25) is 5.91 Å². The van der Waals surface area contributed by atoms with Crippen molar-refractivity contribution >= 4 is 45.1 Å². The number of benzene rings is 2. The van der Waals surface area contributed by atoms with Gasteiger partial charge >= 0.3 is 11.8 Å². The van der Waals surface area contributed by atoms with Crippen LogP contribution in [0.15, 0.2) is 50.2 Å². The van der Waals surface area contributed by atoms with Crippen LogP contribution in [0.3, 0.4) is 0 Å². The van der Waals surface area contributed by atoms with Gasteiger partial charge in [-0.2, -0.15) is 13.2 Å². The van der Waals surface area contributed by atoms with Crippen molar-refractivity contribution in [2.24, 2.45) is 0 Å². The zero-order valence-electron chi connectivity index (χ0n) is 17.0. The first-order valence-corrected chi connectivity index (χ1v) is 10.0. The summed E-state index contributed by atoms with van der Waals surface area (Å²) in [6, 6.07) is 6.65. The molecule has 0 unspecified atom stereocenters. The van der Waals surface area contributed by atoms with Crippen LogP contribution in [-0.2, 0) is 17.4 Å². The van der Waals surface area contributed by atoms with Crippen LogP contribution in [0.25, 0.3) is 21.9 Å². The molecule has 0 aliphatic heterocycles. The van der Waals surface area contributed by atoms with E-state index in [9.17, 15) is 22.8 Å². The lowest BCUT2D eigenvalue weighted by Gasteiger charge is -2.12. The highest BCUT2D eigenvalue weighted by Gasteiger charge is 2.33. The number of halogens is 4. The molecule has 0 aliphatic rings. The topological polar surface area (TPSA) is 72.5 Å². The van der Waals surface area contributed by atoms with E-state index in [0.29, 0.717) is 22.3 Å². The molecule has 4 rings (SSSR count). The zero-order valence-corrected chi connectivity index (χ0v) is 17.8. The molecule has 0 saturated heterocycles. The first-order valence-electron chi connectivity index (χ1n) is 9.65. The summed E-state index contributed by atoms with van der Waals surface area (Å²) in [7, 11) is 0. The molecule has 5 nitrogen and oxygen atoms in total. The van der Waals surface area contributed by atoms with Crippen molar-refractivity contribution in [3.05, 3.63) is 74.3 Å². The van der Waals surface area contributed by atoms with Gasteiger partial charge in [-0.3, -0.25) is 4.79 Å². The van der Waals surface area contributed by atoms with Crippen LogP contribution in [0.2, 0.25) is 5.02 Å². The van der Waals surface area contributed by atoms with Crippen molar-refractivity contribution < 1.29 is 26.8 Å². The van der Waals surface area contributed by atoms with Gasteiger partial charge in [0.15, 0.2) is 0 Å². The number of alkyl halides is 3. The van der Waals surface area contributed by atoms with Gasteiger partial charge in [-0.1, -0.05) is 11.6 Å². The highest BCUT2D eigenvalue weighted by atomic mass is 35.5. The molecule has 0 spiro atoms. The van der Waals surface area contributed by atoms with Crippen molar-refractivity contribution in [3.8, 4) is 0 Å². The summed E-state index contributed by atoms with van der Waals surface area (Å²) in [6.45, 7) is 3.67. The number of rotatable bonds is 4. The lowest BCUT2D eigenvalue weighted by Crippen LogP contribution is -2.17. The maximum absolute atomic E-state index is 13.0. The molecule has 4 aromatic rings. The lowest BCUT2D eigenvalue weighted by molar-refractivity contribution is -0.137. The first-order chi connectivity index (χ1) is 15.0. The third kappa shape index (κ3) is 4.10. The van der Waals surface area contributed by atoms with Gasteiger partial charge in [0.1, 0.15) is 11.2 Å². The van der Waals surface area contributed by atoms with Gasteiger partial charge < -0.3 is 14.2 Å². The van der Waals surface area contributed by atoms with Gasteiger partial charge in [0, 0.05) is 34.5 Å². The number of hydrogen-bond donors (Lipinski definition) is 1. The third-order valence-electron chi connectivity index (χ3n) is 5.33. The summed E-state index contributed by atoms with van der Waals surface area (Å²) in [6.07, 6.45) is -3.08. The highest BCUT2D eigenvalue weighted by Crippen LogP contribution is 2.36. The number of aryl methyl sites for hydroxylation is 2. The molecule has 1 N–H and O–H groups in total. The molecule has 1 amide bonds. The number of fused-ring (bicyclic) bond motifs is 2. The molecule has 0 aliphatic carbocycles. The second kappa shape index (κ2) is 8.02. The summed E-state index contributed by atoms with van der Waals surface area (Å²) >= 11 is 5.60. The minimum absolute atomic E-state index is 0.0354. The first kappa shape index (κ1) is 22.0. The SMILES string of the molecule is Cc1coc2cc3oc(=O)c(CCC(=O)Nc4ccc(Cl)c(C(F)(F)F)c4)c(C)c3cc12. The minimum Gasteiger partial charge on any atom is -0.464 e. The number of anilines is 1. The normalized spacial score (nSPS) is 11.9. The van der Waals surface area contributed by atoms with E-state index < -0.39 is 28.3 Å². The molecule has 0 atom stereocenters. The van der Waals surface area contributed by atoms with Crippen molar-refractivity contribution in [2.45, 2.75) is 32.9 Å². The molecule has 0 radical (unpaired) electrons. The van der Waals surface area contributed by atoms with Crippen LogP contribution in [-0.4, -0.2) is 5.91 Å². The Kier molecular flexibility index (Phi) is 5.50. The molecular weight excluding hydrogens is 447 g/mol. The number of furan rings is 1. The summed E-state index contributed by atoms with van der Waals surface area (Å²) < 4.78 is 49.9. The predicted octanol–water partition coefficient (Wildman–Crippen LogP) is 6.40. The van der Waals surface area contributed by atoms with Crippen LogP contribution in [0.4, 0.5) is 18.9 Å². The van der Waals surface area contributed by atoms with E-state index in [-0.39, 0.29) is 18.5 Å². The zero-order chi connectivity index (χ0) is 23.2. The Labute approximate surface area is 184 Å². The van der Waals surface area contributed by atoms with Crippen molar-refractivity contribution in [1.29, 1.82) is 0 Å². The van der Waals surface area contributed by atoms with E-state index in [1.165, 1.54) is 6.07 Å². The smallest absolute Gasteiger partial charge is 0.417 e. The minimum atomic E-state index is -4.64. The number of nitrogens with one attached hydrogen (secondary N) is 1. The van der Waals surface area contributed by atoms with E-state index in [0.717, 1.165) is 28.5 Å². The number of amides is 1. The van der Waals surface area contributed by atoms with Crippen LogP contribution in [0.1, 0.15) is 28.7 Å². The van der Waals surface area contributed by atoms with Gasteiger partial charge in [-0.25, -0.2) is 4.79 Å². The van der Waals surface area contributed by atoms with E-state index in [2.05, 4.69) is 5.32 Å². The van der Waals surface area contributed by atoms with Crippen molar-refractivity contribution in [3.63, 3.8) is 0 Å². The molecule has 166 valence electrons. The standard InChI is InChI=1S/C23H17ClF3NO4/c1-11-10-31-19-9-20-16(8-15(11)19)12(2)14(22(30)32-20)4-6-21(29)28-13-3-5-18(24)17(7-13)23(25,26)27/h3,5,7-10H,4,6H2,1-2H3,(H,28,29). The Morgan fingerprint density at radius 2 is 1.84 bits per heavy atom. The molecule has 9 heteroatoms. The Morgan fingerprint density at radius 3 is 2.56 bits per heavy atom. The molecule has 2 aromatic carbocycles. The van der Waals surface area contributed by atoms with Crippen LogP contribution in [0.5, 0.6) is 0 Å². The molecule has 2 aromatic heterocycles. The van der Waals surface area contributed by atoms with Crippen LogP contribution in [0, 0.1) is 13.8 Å². The largest absolute Gasteiger partial charge is 0.464 e. The maximum Gasteiger partial charge on any atom is 0.417 e. The molecule has 2 heterocycles. The molecule has 0 fully saturated rings. The van der Waals surface area contributed by atoms with Crippen molar-refractivity contribution in [2.75, 3.05) is 5.32 Å². The second-order valence-corrected chi connectivity index (χ2v) is 7.90. The van der Waals surface area contributed by atoms with Crippen LogP contribution < -0.4 is 10.9 Å². The van der Waals surface area contributed by atoms with E-state index in [1.807, 2.05) is 13.0 Å². The number of carbonyl (C=O) groups excluding carboxylic acids is 1. The Balaban J connectivity index is 1.56. The van der Waals surface area contributed by atoms with E-state index in [1.54, 1.807) is 19.3 Å². The fraction of sp³-hybridized carbons (Fsp3) is 0.217. The fourth-order valence-corrected chi connectivity index (χ4v) is 3.83. The summed E-state index contributed by atoms with van der Waals surface area (Å²) in [4.78, 5) is 24.8. The predicted molar refractivity (Wildman–Crippen MR) is 115 cm³/mol. The monoisotopic (exact) mass is 463 g/mol. The Bertz CT molecular complexity index is 1420. The van der Waals surface area contributed by atoms with Gasteiger partial charge in [0.05, 0.1) is 16.8 Å². The summed E-state index contributed by atoms with van der Waals surface area (Å²) in [5.74, 6) is -0.541. The quantitative estimate of drug-likeness (QED) is 0.355. The average Bonchev–Trinajstić information content (AvgIpc) is 3.07. The van der Waals surface area contributed by atoms with Crippen molar-refractivity contribution in [1.82, 2.24) is 0 Å². The van der Waals surface area contributed by atoms with Crippen LogP contribution >= 0.6 is 11.6 Å². The molecular formula is C23H17ClF3NO4. The Morgan fingerprint density at radius 1 is 1.09 bits per heavy atom. The maximum atomic E-state index is 13.0. The third-order valence-corrected chi connectivity index (χ3v) is 5.66. The lowest BCUT2D eigenvalue weighted by atomic mass is 10.0. The average molecular weight is 464 g/mol. The fourth-order valence-electron chi connectivity index (χ4n) is 3.61. The molecule has 0 saturated carbocycles. The van der Waals surface area contributed by atoms with Gasteiger partial charge in [0.25, 0.3) is 0 Å². The van der Waals surface area contributed by atoms with Gasteiger partial charge in [-0.05, 0) is 55.7 Å². The highest BCUT2D eigenvalue weighted by molar-refractivity contribution is 6.31. The Hall–Kier alpha value is -3.26. The van der Waals surface area contributed by atoms with Gasteiger partial charge in [-0.15, -0.1) is 0 Å². The molecule has 32 heavy (non-hydrogen) atoms.